The van der Waals surface area contributed by atoms with Gasteiger partial charge < -0.3 is 9.80 Å². The van der Waals surface area contributed by atoms with Gasteiger partial charge in [0.05, 0.1) is 0 Å². The van der Waals surface area contributed by atoms with Gasteiger partial charge in [-0.3, -0.25) is 9.69 Å². The van der Waals surface area contributed by atoms with Crippen LogP contribution in [0.1, 0.15) is 22.8 Å². The molecule has 0 N–H and O–H groups in total. The van der Waals surface area contributed by atoms with E-state index >= 15 is 0 Å². The molecule has 0 spiro atoms. The van der Waals surface area contributed by atoms with Crippen LogP contribution >= 0.6 is 0 Å². The van der Waals surface area contributed by atoms with E-state index in [4.69, 9.17) is 0 Å². The van der Waals surface area contributed by atoms with Gasteiger partial charge in [0.1, 0.15) is 0 Å². The minimum Gasteiger partial charge on any atom is -0.336 e. The van der Waals surface area contributed by atoms with Crippen molar-refractivity contribution in [3.8, 4) is 0 Å². The van der Waals surface area contributed by atoms with Crippen molar-refractivity contribution in [3.63, 3.8) is 0 Å². The first kappa shape index (κ1) is 16.0. The zero-order chi connectivity index (χ0) is 15.2. The highest BCUT2D eigenvalue weighted by molar-refractivity contribution is 5.94. The minimum absolute atomic E-state index is 0.171. The largest absolute Gasteiger partial charge is 0.336 e. The summed E-state index contributed by atoms with van der Waals surface area (Å²) >= 11 is 0. The van der Waals surface area contributed by atoms with E-state index in [-0.39, 0.29) is 5.91 Å². The first-order chi connectivity index (χ1) is 10.1. The maximum Gasteiger partial charge on any atom is 0.253 e. The summed E-state index contributed by atoms with van der Waals surface area (Å²) in [5.41, 5.74) is 2.09. The van der Waals surface area contributed by atoms with Gasteiger partial charge in [0.25, 0.3) is 5.91 Å². The maximum atomic E-state index is 12.5. The normalized spacial score (nSPS) is 16.5. The van der Waals surface area contributed by atoms with Gasteiger partial charge in [-0.1, -0.05) is 19.1 Å². The van der Waals surface area contributed by atoms with E-state index in [2.05, 4.69) is 43.0 Å². The lowest BCUT2D eigenvalue weighted by atomic mass is 10.1. The van der Waals surface area contributed by atoms with Gasteiger partial charge in [0.2, 0.25) is 0 Å². The highest BCUT2D eigenvalue weighted by Gasteiger charge is 2.21. The van der Waals surface area contributed by atoms with Crippen molar-refractivity contribution in [2.75, 3.05) is 53.4 Å². The molecule has 0 unspecified atom stereocenters. The predicted molar refractivity (Wildman–Crippen MR) is 86.7 cm³/mol. The Hall–Kier alpha value is -1.39. The Labute approximate surface area is 128 Å². The summed E-state index contributed by atoms with van der Waals surface area (Å²) in [6.45, 7) is 7.92. The second kappa shape index (κ2) is 7.57. The van der Waals surface area contributed by atoms with Crippen molar-refractivity contribution < 1.29 is 4.79 Å². The third-order valence-corrected chi connectivity index (χ3v) is 4.13. The lowest BCUT2D eigenvalue weighted by Gasteiger charge is -2.35. The summed E-state index contributed by atoms with van der Waals surface area (Å²) in [6.07, 6.45) is 1.01. The molecule has 0 atom stereocenters. The number of carbonyl (C=O) groups is 1. The second-order valence-electron chi connectivity index (χ2n) is 5.99. The van der Waals surface area contributed by atoms with E-state index < -0.39 is 0 Å². The fourth-order valence-corrected chi connectivity index (χ4v) is 2.58. The van der Waals surface area contributed by atoms with Crippen LogP contribution in [0.5, 0.6) is 0 Å². The summed E-state index contributed by atoms with van der Waals surface area (Å²) in [7, 11) is 4.19. The number of likely N-dealkylation sites (N-methyl/N-ethyl adjacent to an activating group) is 1. The first-order valence-electron chi connectivity index (χ1n) is 7.85. The van der Waals surface area contributed by atoms with Crippen LogP contribution in [0.3, 0.4) is 0 Å². The van der Waals surface area contributed by atoms with E-state index in [0.717, 1.165) is 51.3 Å². The molecule has 21 heavy (non-hydrogen) atoms. The number of carbonyl (C=O) groups excluding carboxylic acids is 1. The Morgan fingerprint density at radius 3 is 2.24 bits per heavy atom. The number of aryl methyl sites for hydroxylation is 1. The fraction of sp³-hybridized carbons (Fsp3) is 0.588. The summed E-state index contributed by atoms with van der Waals surface area (Å²) in [5.74, 6) is 0.171. The summed E-state index contributed by atoms with van der Waals surface area (Å²) < 4.78 is 0. The lowest BCUT2D eigenvalue weighted by molar-refractivity contribution is 0.0629. The van der Waals surface area contributed by atoms with Crippen molar-refractivity contribution in [2.45, 2.75) is 13.3 Å². The molecule has 0 bridgehead atoms. The second-order valence-corrected chi connectivity index (χ2v) is 5.99. The van der Waals surface area contributed by atoms with Gasteiger partial charge in [-0.15, -0.1) is 0 Å². The summed E-state index contributed by atoms with van der Waals surface area (Å²) in [5, 5.41) is 0. The van der Waals surface area contributed by atoms with E-state index in [0.29, 0.717) is 0 Å². The van der Waals surface area contributed by atoms with E-state index in [1.54, 1.807) is 0 Å². The number of hydrogen-bond donors (Lipinski definition) is 0. The lowest BCUT2D eigenvalue weighted by Crippen LogP contribution is -2.49. The van der Waals surface area contributed by atoms with E-state index in [1.807, 2.05) is 17.0 Å². The zero-order valence-corrected chi connectivity index (χ0v) is 13.5. The molecule has 2 rings (SSSR count). The fourth-order valence-electron chi connectivity index (χ4n) is 2.58. The molecule has 4 nitrogen and oxygen atoms in total. The molecule has 0 aromatic heterocycles. The van der Waals surface area contributed by atoms with E-state index in [1.165, 1.54) is 5.56 Å². The average Bonchev–Trinajstić information content (AvgIpc) is 2.53. The number of piperazine rings is 1. The van der Waals surface area contributed by atoms with Crippen LogP contribution in [0.25, 0.3) is 0 Å². The smallest absolute Gasteiger partial charge is 0.253 e. The van der Waals surface area contributed by atoms with Crippen LogP contribution in [0.15, 0.2) is 24.3 Å². The Balaban J connectivity index is 1.84. The standard InChI is InChI=1S/C17H27N3O/c1-4-15-5-7-16(8-6-15)17(21)20-13-11-19(12-14-20)10-9-18(2)3/h5-8H,4,9-14H2,1-3H3. The molecule has 1 fully saturated rings. The van der Waals surface area contributed by atoms with Crippen molar-refractivity contribution in [3.05, 3.63) is 35.4 Å². The Morgan fingerprint density at radius 1 is 1.10 bits per heavy atom. The van der Waals surface area contributed by atoms with Crippen LogP contribution < -0.4 is 0 Å². The van der Waals surface area contributed by atoms with Crippen LogP contribution in [-0.4, -0.2) is 74.0 Å². The van der Waals surface area contributed by atoms with Crippen LogP contribution in [0.4, 0.5) is 0 Å². The van der Waals surface area contributed by atoms with Crippen LogP contribution in [0.2, 0.25) is 0 Å². The molecule has 0 aliphatic carbocycles. The number of benzene rings is 1. The van der Waals surface area contributed by atoms with Gasteiger partial charge in [-0.25, -0.2) is 0 Å². The third-order valence-electron chi connectivity index (χ3n) is 4.13. The molecule has 0 saturated carbocycles. The zero-order valence-electron chi connectivity index (χ0n) is 13.5. The molecule has 4 heteroatoms. The van der Waals surface area contributed by atoms with Crippen molar-refractivity contribution in [2.24, 2.45) is 0 Å². The Morgan fingerprint density at radius 2 is 1.71 bits per heavy atom. The highest BCUT2D eigenvalue weighted by Crippen LogP contribution is 2.10. The Bertz CT molecular complexity index is 448. The number of rotatable bonds is 5. The molecule has 1 saturated heterocycles. The summed E-state index contributed by atoms with van der Waals surface area (Å²) in [6, 6.07) is 8.03. The predicted octanol–water partition coefficient (Wildman–Crippen LogP) is 1.57. The number of amides is 1. The minimum atomic E-state index is 0.171. The van der Waals surface area contributed by atoms with Gasteiger partial charge in [0.15, 0.2) is 0 Å². The van der Waals surface area contributed by atoms with E-state index in [9.17, 15) is 4.79 Å². The number of hydrogen-bond acceptors (Lipinski definition) is 3. The quantitative estimate of drug-likeness (QED) is 0.823. The third kappa shape index (κ3) is 4.55. The van der Waals surface area contributed by atoms with Gasteiger partial charge in [-0.2, -0.15) is 0 Å². The monoisotopic (exact) mass is 289 g/mol. The Kier molecular flexibility index (Phi) is 5.76. The molecular formula is C17H27N3O. The number of nitrogens with zero attached hydrogens (tertiary/aromatic N) is 3. The molecule has 1 aromatic carbocycles. The average molecular weight is 289 g/mol. The van der Waals surface area contributed by atoms with Crippen molar-refractivity contribution >= 4 is 5.91 Å². The topological polar surface area (TPSA) is 26.8 Å². The van der Waals surface area contributed by atoms with Gasteiger partial charge in [-0.05, 0) is 38.2 Å². The molecule has 116 valence electrons. The molecule has 1 aliphatic rings. The SMILES string of the molecule is CCc1ccc(C(=O)N2CCN(CCN(C)C)CC2)cc1. The van der Waals surface area contributed by atoms with Crippen LogP contribution in [-0.2, 0) is 6.42 Å². The molecule has 1 amide bonds. The van der Waals surface area contributed by atoms with Crippen molar-refractivity contribution in [1.82, 2.24) is 14.7 Å². The van der Waals surface area contributed by atoms with Gasteiger partial charge in [0, 0.05) is 44.8 Å². The molecular weight excluding hydrogens is 262 g/mol. The van der Waals surface area contributed by atoms with Gasteiger partial charge >= 0.3 is 0 Å². The maximum absolute atomic E-state index is 12.5. The van der Waals surface area contributed by atoms with Crippen LogP contribution in [0, 0.1) is 0 Å². The molecule has 1 aliphatic heterocycles. The molecule has 1 heterocycles. The summed E-state index contributed by atoms with van der Waals surface area (Å²) in [4.78, 5) is 19.1. The molecule has 1 aromatic rings. The highest BCUT2D eigenvalue weighted by atomic mass is 16.2. The first-order valence-corrected chi connectivity index (χ1v) is 7.85. The molecule has 0 radical (unpaired) electrons. The van der Waals surface area contributed by atoms with Crippen molar-refractivity contribution in [1.29, 1.82) is 0 Å².